The third-order valence-corrected chi connectivity index (χ3v) is 3.07. The van der Waals surface area contributed by atoms with Crippen LogP contribution in [-0.2, 0) is 9.53 Å². The lowest BCUT2D eigenvalue weighted by atomic mass is 10.1. The highest BCUT2D eigenvalue weighted by molar-refractivity contribution is 14.1. The van der Waals surface area contributed by atoms with Gasteiger partial charge in [0.1, 0.15) is 0 Å². The fourth-order valence-electron chi connectivity index (χ4n) is 0.978. The average molecular weight is 383 g/mol. The van der Waals surface area contributed by atoms with E-state index in [1.165, 1.54) is 0 Å². The molecule has 0 amide bonds. The molecule has 1 aromatic carbocycles. The number of hydrogen-bond acceptors (Lipinski definition) is 3. The van der Waals surface area contributed by atoms with Crippen molar-refractivity contribution >= 4 is 50.3 Å². The summed E-state index contributed by atoms with van der Waals surface area (Å²) in [5, 5.41) is 0. The van der Waals surface area contributed by atoms with E-state index in [2.05, 4.69) is 20.7 Å². The van der Waals surface area contributed by atoms with Crippen LogP contribution < -0.4 is 0 Å². The van der Waals surface area contributed by atoms with Gasteiger partial charge in [-0.15, -0.1) is 0 Å². The molecule has 80 valence electrons. The molecule has 0 heterocycles. The van der Waals surface area contributed by atoms with E-state index in [1.54, 1.807) is 19.1 Å². The molecule has 15 heavy (non-hydrogen) atoms. The molecule has 1 rings (SSSR count). The Balaban J connectivity index is 3.00. The number of hydrogen-bond donors (Lipinski definition) is 0. The van der Waals surface area contributed by atoms with Crippen LogP contribution in [0.4, 0.5) is 0 Å². The Kier molecular flexibility index (Phi) is 4.72. The Hall–Kier alpha value is -0.430. The summed E-state index contributed by atoms with van der Waals surface area (Å²) < 4.78 is 6.14. The molecule has 0 atom stereocenters. The van der Waals surface area contributed by atoms with Crippen LogP contribution in [0.15, 0.2) is 22.7 Å². The van der Waals surface area contributed by atoms with E-state index >= 15 is 0 Å². The highest BCUT2D eigenvalue weighted by Gasteiger charge is 2.19. The number of carbonyl (C=O) groups is 2. The summed E-state index contributed by atoms with van der Waals surface area (Å²) in [5.41, 5.74) is 0.364. The van der Waals surface area contributed by atoms with Gasteiger partial charge in [0.2, 0.25) is 0 Å². The van der Waals surface area contributed by atoms with Gasteiger partial charge < -0.3 is 4.74 Å². The molecule has 0 saturated carbocycles. The molecule has 1 aromatic rings. The maximum Gasteiger partial charge on any atom is 0.379 e. The maximum absolute atomic E-state index is 11.6. The highest BCUT2D eigenvalue weighted by Crippen LogP contribution is 2.19. The lowest BCUT2D eigenvalue weighted by molar-refractivity contribution is -0.137. The van der Waals surface area contributed by atoms with Crippen molar-refractivity contribution in [3.8, 4) is 0 Å². The van der Waals surface area contributed by atoms with Crippen molar-refractivity contribution in [1.82, 2.24) is 0 Å². The van der Waals surface area contributed by atoms with Crippen LogP contribution in [0.3, 0.4) is 0 Å². The largest absolute Gasteiger partial charge is 0.460 e. The van der Waals surface area contributed by atoms with Crippen molar-refractivity contribution in [3.63, 3.8) is 0 Å². The number of carbonyl (C=O) groups excluding carboxylic acids is 2. The standard InChI is InChI=1S/C10H8BrIO3/c1-2-15-10(14)9(13)7-5-6(11)3-4-8(7)12/h3-5H,2H2,1H3. The first-order valence-electron chi connectivity index (χ1n) is 4.22. The van der Waals surface area contributed by atoms with Crippen molar-refractivity contribution in [1.29, 1.82) is 0 Å². The number of ketones is 1. The summed E-state index contributed by atoms with van der Waals surface area (Å²) in [6.07, 6.45) is 0. The average Bonchev–Trinajstić information content (AvgIpc) is 2.21. The Labute approximate surface area is 109 Å². The van der Waals surface area contributed by atoms with Gasteiger partial charge in [-0.2, -0.15) is 0 Å². The zero-order valence-electron chi connectivity index (χ0n) is 7.92. The minimum atomic E-state index is -0.812. The van der Waals surface area contributed by atoms with Gasteiger partial charge in [0.05, 0.1) is 6.61 Å². The fraction of sp³-hybridized carbons (Fsp3) is 0.200. The van der Waals surface area contributed by atoms with E-state index in [9.17, 15) is 9.59 Å². The Morgan fingerprint density at radius 3 is 2.73 bits per heavy atom. The van der Waals surface area contributed by atoms with Gasteiger partial charge in [0.25, 0.3) is 5.78 Å². The second-order valence-electron chi connectivity index (χ2n) is 2.67. The zero-order chi connectivity index (χ0) is 11.4. The smallest absolute Gasteiger partial charge is 0.379 e. The number of esters is 1. The SMILES string of the molecule is CCOC(=O)C(=O)c1cc(Br)ccc1I. The first-order valence-corrected chi connectivity index (χ1v) is 6.10. The van der Waals surface area contributed by atoms with E-state index in [1.807, 2.05) is 28.7 Å². The number of Topliss-reactive ketones (excluding diaryl/α,β-unsaturated/α-hetero) is 1. The van der Waals surface area contributed by atoms with Crippen LogP contribution in [-0.4, -0.2) is 18.4 Å². The molecule has 0 bridgehead atoms. The summed E-state index contributed by atoms with van der Waals surface area (Å²) in [5.74, 6) is -1.42. The second-order valence-corrected chi connectivity index (χ2v) is 4.75. The summed E-state index contributed by atoms with van der Waals surface area (Å²) in [4.78, 5) is 22.8. The molecule has 0 unspecified atom stereocenters. The van der Waals surface area contributed by atoms with Crippen molar-refractivity contribution < 1.29 is 14.3 Å². The predicted octanol–water partition coefficient (Wildman–Crippen LogP) is 2.80. The number of rotatable bonds is 3. The van der Waals surface area contributed by atoms with E-state index in [0.29, 0.717) is 5.56 Å². The molecule has 0 radical (unpaired) electrons. The van der Waals surface area contributed by atoms with Crippen LogP contribution in [0, 0.1) is 3.57 Å². The number of halogens is 2. The minimum absolute atomic E-state index is 0.204. The van der Waals surface area contributed by atoms with Crippen LogP contribution in [0.1, 0.15) is 17.3 Å². The van der Waals surface area contributed by atoms with E-state index in [0.717, 1.165) is 8.04 Å². The molecule has 0 aliphatic carbocycles. The van der Waals surface area contributed by atoms with Crippen LogP contribution in [0.2, 0.25) is 0 Å². The summed E-state index contributed by atoms with van der Waals surface area (Å²) in [7, 11) is 0. The normalized spacial score (nSPS) is 9.80. The van der Waals surface area contributed by atoms with Crippen LogP contribution in [0.25, 0.3) is 0 Å². The molecule has 0 aromatic heterocycles. The molecule has 0 aliphatic heterocycles. The second kappa shape index (κ2) is 5.60. The van der Waals surface area contributed by atoms with Crippen molar-refractivity contribution in [2.24, 2.45) is 0 Å². The van der Waals surface area contributed by atoms with E-state index < -0.39 is 11.8 Å². The molecule has 5 heteroatoms. The molecule has 0 aliphatic rings. The first kappa shape index (κ1) is 12.6. The van der Waals surface area contributed by atoms with Gasteiger partial charge in [-0.3, -0.25) is 4.79 Å². The number of ether oxygens (including phenoxy) is 1. The summed E-state index contributed by atoms with van der Waals surface area (Å²) in [6, 6.07) is 5.18. The number of benzene rings is 1. The van der Waals surface area contributed by atoms with Gasteiger partial charge in [-0.25, -0.2) is 4.79 Å². The van der Waals surface area contributed by atoms with Crippen LogP contribution in [0.5, 0.6) is 0 Å². The topological polar surface area (TPSA) is 43.4 Å². The Morgan fingerprint density at radius 2 is 2.13 bits per heavy atom. The third-order valence-electron chi connectivity index (χ3n) is 1.63. The molecule has 0 fully saturated rings. The molecular weight excluding hydrogens is 375 g/mol. The maximum atomic E-state index is 11.6. The van der Waals surface area contributed by atoms with Gasteiger partial charge in [0.15, 0.2) is 0 Å². The quantitative estimate of drug-likeness (QED) is 0.349. The predicted molar refractivity (Wildman–Crippen MR) is 67.8 cm³/mol. The molecule has 3 nitrogen and oxygen atoms in total. The zero-order valence-corrected chi connectivity index (χ0v) is 11.7. The van der Waals surface area contributed by atoms with Crippen molar-refractivity contribution in [2.75, 3.05) is 6.61 Å². The Morgan fingerprint density at radius 1 is 1.47 bits per heavy atom. The van der Waals surface area contributed by atoms with E-state index in [-0.39, 0.29) is 6.61 Å². The lowest BCUT2D eigenvalue weighted by Crippen LogP contribution is -2.18. The molecular formula is C10H8BrIO3. The Bertz CT molecular complexity index is 404. The lowest BCUT2D eigenvalue weighted by Gasteiger charge is -2.03. The van der Waals surface area contributed by atoms with E-state index in [4.69, 9.17) is 0 Å². The summed E-state index contributed by atoms with van der Waals surface area (Å²) in [6.45, 7) is 1.87. The van der Waals surface area contributed by atoms with Gasteiger partial charge in [-0.05, 0) is 47.7 Å². The third kappa shape index (κ3) is 3.27. The molecule has 0 saturated heterocycles. The molecule has 0 N–H and O–H groups in total. The first-order chi connectivity index (χ1) is 7.06. The summed E-state index contributed by atoms with van der Waals surface area (Å²) >= 11 is 5.25. The van der Waals surface area contributed by atoms with Crippen LogP contribution >= 0.6 is 38.5 Å². The fourth-order valence-corrected chi connectivity index (χ4v) is 1.92. The monoisotopic (exact) mass is 382 g/mol. The minimum Gasteiger partial charge on any atom is -0.460 e. The highest BCUT2D eigenvalue weighted by atomic mass is 127. The van der Waals surface area contributed by atoms with Crippen molar-refractivity contribution in [3.05, 3.63) is 31.8 Å². The van der Waals surface area contributed by atoms with Gasteiger partial charge in [-0.1, -0.05) is 15.9 Å². The van der Waals surface area contributed by atoms with Crippen molar-refractivity contribution in [2.45, 2.75) is 6.92 Å². The van der Waals surface area contributed by atoms with Gasteiger partial charge >= 0.3 is 5.97 Å². The molecule has 0 spiro atoms. The van der Waals surface area contributed by atoms with Gasteiger partial charge in [0, 0.05) is 13.6 Å².